The molecule has 3 rings (SSSR count). The van der Waals surface area contributed by atoms with Crippen molar-refractivity contribution < 1.29 is 4.74 Å². The van der Waals surface area contributed by atoms with Gasteiger partial charge in [0, 0.05) is 25.2 Å². The van der Waals surface area contributed by atoms with E-state index < -0.39 is 0 Å². The van der Waals surface area contributed by atoms with Crippen LogP contribution in [0.4, 0.5) is 5.82 Å². The van der Waals surface area contributed by atoms with E-state index in [2.05, 4.69) is 20.2 Å². The second-order valence-electron chi connectivity index (χ2n) is 5.35. The van der Waals surface area contributed by atoms with E-state index in [0.717, 1.165) is 76.6 Å². The van der Waals surface area contributed by atoms with Crippen LogP contribution in [0.1, 0.15) is 24.1 Å². The van der Waals surface area contributed by atoms with Gasteiger partial charge in [0.2, 0.25) is 5.28 Å². The minimum absolute atomic E-state index is 0.362. The first-order valence-electron chi connectivity index (χ1n) is 7.42. The number of nitrogens with one attached hydrogen (secondary N) is 1. The topological polar surface area (TPSA) is 50.3 Å². The molecule has 110 valence electrons. The van der Waals surface area contributed by atoms with E-state index in [1.54, 1.807) is 0 Å². The van der Waals surface area contributed by atoms with Gasteiger partial charge >= 0.3 is 0 Å². The van der Waals surface area contributed by atoms with Gasteiger partial charge in [-0.15, -0.1) is 0 Å². The minimum atomic E-state index is 0.362. The molecule has 1 saturated heterocycles. The summed E-state index contributed by atoms with van der Waals surface area (Å²) in [5.41, 5.74) is 2.39. The predicted octanol–water partition coefficient (Wildman–Crippen LogP) is 1.75. The number of fused-ring (bicyclic) bond motifs is 1. The van der Waals surface area contributed by atoms with Gasteiger partial charge in [0.25, 0.3) is 0 Å². The van der Waals surface area contributed by atoms with Gasteiger partial charge in [-0.2, -0.15) is 0 Å². The Hall–Kier alpha value is -0.910. The van der Waals surface area contributed by atoms with E-state index in [-0.39, 0.29) is 0 Å². The van der Waals surface area contributed by atoms with Crippen molar-refractivity contribution in [2.75, 3.05) is 44.7 Å². The lowest BCUT2D eigenvalue weighted by Crippen LogP contribution is -2.37. The molecule has 2 aliphatic rings. The Balaban J connectivity index is 1.49. The number of aryl methyl sites for hydroxylation is 1. The van der Waals surface area contributed by atoms with E-state index in [1.807, 2.05) is 0 Å². The van der Waals surface area contributed by atoms with Crippen LogP contribution in [-0.2, 0) is 17.6 Å². The van der Waals surface area contributed by atoms with Gasteiger partial charge in [0.1, 0.15) is 5.82 Å². The molecular weight excluding hydrogens is 276 g/mol. The summed E-state index contributed by atoms with van der Waals surface area (Å²) >= 11 is 5.98. The lowest BCUT2D eigenvalue weighted by Gasteiger charge is -2.26. The van der Waals surface area contributed by atoms with Crippen molar-refractivity contribution in [3.05, 3.63) is 16.5 Å². The smallest absolute Gasteiger partial charge is 0.224 e. The zero-order chi connectivity index (χ0) is 13.8. The number of aromatic nitrogens is 2. The third-order valence-electron chi connectivity index (χ3n) is 3.95. The van der Waals surface area contributed by atoms with Crippen molar-refractivity contribution in [2.45, 2.75) is 25.7 Å². The molecule has 0 spiro atoms. The Morgan fingerprint density at radius 1 is 1.20 bits per heavy atom. The van der Waals surface area contributed by atoms with Gasteiger partial charge in [-0.05, 0) is 43.8 Å². The normalized spacial score (nSPS) is 19.1. The highest BCUT2D eigenvalue weighted by Gasteiger charge is 2.18. The molecule has 6 heteroatoms. The van der Waals surface area contributed by atoms with Crippen LogP contribution in [0.3, 0.4) is 0 Å². The van der Waals surface area contributed by atoms with E-state index in [0.29, 0.717) is 5.28 Å². The zero-order valence-corrected chi connectivity index (χ0v) is 12.5. The minimum Gasteiger partial charge on any atom is -0.379 e. The first-order valence-corrected chi connectivity index (χ1v) is 7.80. The summed E-state index contributed by atoms with van der Waals surface area (Å²) in [7, 11) is 0. The summed E-state index contributed by atoms with van der Waals surface area (Å²) in [6.07, 6.45) is 4.36. The number of rotatable bonds is 5. The maximum absolute atomic E-state index is 5.98. The van der Waals surface area contributed by atoms with Gasteiger partial charge in [-0.1, -0.05) is 0 Å². The molecule has 1 aromatic rings. The van der Waals surface area contributed by atoms with Crippen LogP contribution < -0.4 is 5.32 Å². The third kappa shape index (κ3) is 3.40. The summed E-state index contributed by atoms with van der Waals surface area (Å²) in [6.45, 7) is 5.86. The molecule has 0 atom stereocenters. The van der Waals surface area contributed by atoms with E-state index >= 15 is 0 Å². The molecule has 5 nitrogen and oxygen atoms in total. The Labute approximate surface area is 124 Å². The second-order valence-corrected chi connectivity index (χ2v) is 5.69. The highest BCUT2D eigenvalue weighted by Crippen LogP contribution is 2.27. The molecule has 1 aromatic heterocycles. The Morgan fingerprint density at radius 3 is 2.90 bits per heavy atom. The fourth-order valence-electron chi connectivity index (χ4n) is 2.88. The van der Waals surface area contributed by atoms with Gasteiger partial charge in [-0.25, -0.2) is 9.97 Å². The average Bonchev–Trinajstić information content (AvgIpc) is 2.92. The fourth-order valence-corrected chi connectivity index (χ4v) is 3.07. The van der Waals surface area contributed by atoms with E-state index in [9.17, 15) is 0 Å². The quantitative estimate of drug-likeness (QED) is 0.663. The standard InChI is InChI=1S/C14H21ClN4O/c15-14-17-12-4-1-3-11(12)13(18-14)16-5-2-6-19-7-9-20-10-8-19/h1-10H2,(H,16,17,18). The number of ether oxygens (including phenoxy) is 1. The molecule has 2 heterocycles. The van der Waals surface area contributed by atoms with Crippen LogP contribution in [0, 0.1) is 0 Å². The summed E-state index contributed by atoms with van der Waals surface area (Å²) < 4.78 is 5.35. The Morgan fingerprint density at radius 2 is 2.05 bits per heavy atom. The number of morpholine rings is 1. The Bertz CT molecular complexity index is 463. The summed E-state index contributed by atoms with van der Waals surface area (Å²) in [5, 5.41) is 3.79. The van der Waals surface area contributed by atoms with Crippen LogP contribution >= 0.6 is 11.6 Å². The predicted molar refractivity (Wildman–Crippen MR) is 79.4 cm³/mol. The number of hydrogen-bond donors (Lipinski definition) is 1. The molecule has 0 radical (unpaired) electrons. The Kier molecular flexibility index (Phi) is 4.70. The van der Waals surface area contributed by atoms with E-state index in [1.165, 1.54) is 5.56 Å². The van der Waals surface area contributed by atoms with Crippen molar-refractivity contribution in [3.63, 3.8) is 0 Å². The SMILES string of the molecule is Clc1nc2c(c(NCCCN3CCOCC3)n1)CCC2. The highest BCUT2D eigenvalue weighted by molar-refractivity contribution is 6.28. The average molecular weight is 297 g/mol. The molecule has 0 unspecified atom stereocenters. The van der Waals surface area contributed by atoms with Crippen molar-refractivity contribution in [1.82, 2.24) is 14.9 Å². The van der Waals surface area contributed by atoms with E-state index in [4.69, 9.17) is 16.3 Å². The van der Waals surface area contributed by atoms with Crippen LogP contribution in [0.15, 0.2) is 0 Å². The maximum Gasteiger partial charge on any atom is 0.224 e. The van der Waals surface area contributed by atoms with Crippen molar-refractivity contribution in [2.24, 2.45) is 0 Å². The monoisotopic (exact) mass is 296 g/mol. The highest BCUT2D eigenvalue weighted by atomic mass is 35.5. The molecule has 1 aliphatic carbocycles. The van der Waals surface area contributed by atoms with Crippen molar-refractivity contribution >= 4 is 17.4 Å². The molecule has 1 fully saturated rings. The lowest BCUT2D eigenvalue weighted by molar-refractivity contribution is 0.0378. The first kappa shape index (κ1) is 14.0. The number of hydrogen-bond acceptors (Lipinski definition) is 5. The van der Waals surface area contributed by atoms with Gasteiger partial charge in [0.15, 0.2) is 0 Å². The molecule has 0 bridgehead atoms. The largest absolute Gasteiger partial charge is 0.379 e. The van der Waals surface area contributed by atoms with Gasteiger partial charge in [-0.3, -0.25) is 4.90 Å². The van der Waals surface area contributed by atoms with Gasteiger partial charge < -0.3 is 10.1 Å². The van der Waals surface area contributed by atoms with Crippen LogP contribution in [0.5, 0.6) is 0 Å². The number of halogens is 1. The summed E-state index contributed by atoms with van der Waals surface area (Å²) in [5.74, 6) is 0.944. The third-order valence-corrected chi connectivity index (χ3v) is 4.12. The molecule has 0 saturated carbocycles. The summed E-state index contributed by atoms with van der Waals surface area (Å²) in [6, 6.07) is 0. The molecule has 1 aliphatic heterocycles. The molecule has 0 aromatic carbocycles. The van der Waals surface area contributed by atoms with Crippen LogP contribution in [-0.4, -0.2) is 54.3 Å². The second kappa shape index (κ2) is 6.70. The number of nitrogens with zero attached hydrogens (tertiary/aromatic N) is 3. The van der Waals surface area contributed by atoms with Crippen LogP contribution in [0.25, 0.3) is 0 Å². The maximum atomic E-state index is 5.98. The molecular formula is C14H21ClN4O. The van der Waals surface area contributed by atoms with Crippen LogP contribution in [0.2, 0.25) is 5.28 Å². The lowest BCUT2D eigenvalue weighted by atomic mass is 10.2. The van der Waals surface area contributed by atoms with Crippen molar-refractivity contribution in [3.8, 4) is 0 Å². The molecule has 1 N–H and O–H groups in total. The summed E-state index contributed by atoms with van der Waals surface area (Å²) in [4.78, 5) is 11.1. The fraction of sp³-hybridized carbons (Fsp3) is 0.714. The first-order chi connectivity index (χ1) is 9.83. The molecule has 0 amide bonds. The van der Waals surface area contributed by atoms with Crippen molar-refractivity contribution in [1.29, 1.82) is 0 Å². The molecule has 20 heavy (non-hydrogen) atoms. The zero-order valence-electron chi connectivity index (χ0n) is 11.7. The number of anilines is 1. The van der Waals surface area contributed by atoms with Gasteiger partial charge in [0.05, 0.1) is 18.9 Å².